The van der Waals surface area contributed by atoms with E-state index in [2.05, 4.69) is 27.8 Å². The van der Waals surface area contributed by atoms with E-state index in [0.29, 0.717) is 18.4 Å². The molecule has 0 fully saturated rings. The number of carbonyl (C=O) groups is 1. The fraction of sp³-hybridized carbons (Fsp3) is 0.200. The number of hydrogen-bond acceptors (Lipinski definition) is 4. The largest absolute Gasteiger partial charge is 0.383 e. The van der Waals surface area contributed by atoms with Crippen LogP contribution in [-0.2, 0) is 4.79 Å². The Morgan fingerprint density at radius 1 is 1.28 bits per heavy atom. The van der Waals surface area contributed by atoms with Gasteiger partial charge in [-0.1, -0.05) is 24.3 Å². The van der Waals surface area contributed by atoms with Crippen LogP contribution in [0.4, 0.5) is 4.39 Å². The first-order valence-electron chi connectivity index (χ1n) is 8.16. The minimum atomic E-state index is -0.199. The molecule has 2 unspecified atom stereocenters. The molecule has 2 atom stereocenters. The molecule has 2 aliphatic heterocycles. The van der Waals surface area contributed by atoms with Crippen LogP contribution in [0.5, 0.6) is 0 Å². The van der Waals surface area contributed by atoms with Crippen LogP contribution >= 0.6 is 0 Å². The van der Waals surface area contributed by atoms with Crippen molar-refractivity contribution in [1.29, 1.82) is 0 Å². The molecule has 1 aromatic rings. The molecular weight excluding hydrogens is 317 g/mol. The van der Waals surface area contributed by atoms with E-state index >= 15 is 0 Å². The lowest BCUT2D eigenvalue weighted by molar-refractivity contribution is -0.102. The van der Waals surface area contributed by atoms with Crippen LogP contribution in [0.1, 0.15) is 17.2 Å². The summed E-state index contributed by atoms with van der Waals surface area (Å²) in [4.78, 5) is 14.4. The Balaban J connectivity index is 1.87. The molecule has 25 heavy (non-hydrogen) atoms. The quantitative estimate of drug-likeness (QED) is 0.642. The van der Waals surface area contributed by atoms with Gasteiger partial charge in [-0.3, -0.25) is 9.79 Å². The number of rotatable bonds is 5. The van der Waals surface area contributed by atoms with Crippen molar-refractivity contribution >= 4 is 12.5 Å². The summed E-state index contributed by atoms with van der Waals surface area (Å²) in [6.07, 6.45) is 13.8. The SMILES string of the molecule is Cc1cc(C2NC=CC=C2C2=CC(C/N=C/C=O)NC=C2)ccc1F. The molecule has 0 aliphatic carbocycles. The molecule has 0 spiro atoms. The van der Waals surface area contributed by atoms with Gasteiger partial charge in [0.15, 0.2) is 6.29 Å². The molecule has 0 aromatic heterocycles. The summed E-state index contributed by atoms with van der Waals surface area (Å²) >= 11 is 0. The molecule has 2 N–H and O–H groups in total. The van der Waals surface area contributed by atoms with Crippen molar-refractivity contribution in [3.63, 3.8) is 0 Å². The number of aliphatic imine (C=N–C) groups is 1. The lowest BCUT2D eigenvalue weighted by atomic mass is 9.88. The molecule has 4 nitrogen and oxygen atoms in total. The van der Waals surface area contributed by atoms with E-state index in [9.17, 15) is 9.18 Å². The number of allylic oxidation sites excluding steroid dienone is 3. The van der Waals surface area contributed by atoms with E-state index < -0.39 is 0 Å². The molecule has 0 radical (unpaired) electrons. The third-order valence-corrected chi connectivity index (χ3v) is 4.22. The zero-order chi connectivity index (χ0) is 17.6. The van der Waals surface area contributed by atoms with Gasteiger partial charge >= 0.3 is 0 Å². The highest BCUT2D eigenvalue weighted by atomic mass is 19.1. The topological polar surface area (TPSA) is 53.5 Å². The Labute approximate surface area is 146 Å². The number of carbonyl (C=O) groups excluding carboxylic acids is 1. The number of dihydropyridines is 2. The van der Waals surface area contributed by atoms with Gasteiger partial charge in [-0.05, 0) is 59.8 Å². The summed E-state index contributed by atoms with van der Waals surface area (Å²) in [5.41, 5.74) is 3.83. The van der Waals surface area contributed by atoms with Gasteiger partial charge < -0.3 is 10.6 Å². The number of halogens is 1. The third-order valence-electron chi connectivity index (χ3n) is 4.22. The lowest BCUT2D eigenvalue weighted by Crippen LogP contribution is -2.29. The van der Waals surface area contributed by atoms with E-state index in [1.165, 1.54) is 12.3 Å². The molecule has 1 aromatic carbocycles. The number of benzene rings is 1. The number of nitrogens with one attached hydrogen (secondary N) is 2. The predicted octanol–water partition coefficient (Wildman–Crippen LogP) is 2.90. The second-order valence-corrected chi connectivity index (χ2v) is 5.97. The molecule has 0 amide bonds. The van der Waals surface area contributed by atoms with Gasteiger partial charge in [0.25, 0.3) is 0 Å². The summed E-state index contributed by atoms with van der Waals surface area (Å²) in [6.45, 7) is 2.26. The van der Waals surface area contributed by atoms with Crippen LogP contribution in [0.2, 0.25) is 0 Å². The van der Waals surface area contributed by atoms with Gasteiger partial charge in [-0.15, -0.1) is 0 Å². The second kappa shape index (κ2) is 7.75. The van der Waals surface area contributed by atoms with Crippen molar-refractivity contribution in [2.45, 2.75) is 19.0 Å². The minimum Gasteiger partial charge on any atom is -0.383 e. The Morgan fingerprint density at radius 2 is 2.16 bits per heavy atom. The van der Waals surface area contributed by atoms with E-state index in [4.69, 9.17) is 0 Å². The van der Waals surface area contributed by atoms with E-state index in [1.54, 1.807) is 6.92 Å². The Hall–Kier alpha value is -2.95. The molecule has 0 saturated carbocycles. The highest BCUT2D eigenvalue weighted by molar-refractivity contribution is 6.12. The van der Waals surface area contributed by atoms with Crippen molar-refractivity contribution < 1.29 is 9.18 Å². The average Bonchev–Trinajstić information content (AvgIpc) is 2.64. The lowest BCUT2D eigenvalue weighted by Gasteiger charge is -2.27. The van der Waals surface area contributed by atoms with Gasteiger partial charge in [0.1, 0.15) is 5.82 Å². The molecule has 2 aliphatic rings. The van der Waals surface area contributed by atoms with Crippen molar-refractivity contribution in [3.8, 4) is 0 Å². The van der Waals surface area contributed by atoms with Gasteiger partial charge in [0, 0.05) is 0 Å². The highest BCUT2D eigenvalue weighted by Gasteiger charge is 2.22. The summed E-state index contributed by atoms with van der Waals surface area (Å²) in [6, 6.07) is 5.17. The summed E-state index contributed by atoms with van der Waals surface area (Å²) in [5.74, 6) is -0.199. The maximum atomic E-state index is 13.6. The van der Waals surface area contributed by atoms with Crippen molar-refractivity contribution in [3.05, 3.63) is 83.0 Å². The van der Waals surface area contributed by atoms with Crippen LogP contribution in [0.15, 0.2) is 71.0 Å². The number of hydrogen-bond donors (Lipinski definition) is 2. The van der Waals surface area contributed by atoms with Crippen molar-refractivity contribution in [2.24, 2.45) is 4.99 Å². The van der Waals surface area contributed by atoms with E-state index in [0.717, 1.165) is 16.7 Å². The number of aryl methyl sites for hydroxylation is 1. The molecule has 128 valence electrons. The van der Waals surface area contributed by atoms with E-state index in [1.807, 2.05) is 36.7 Å². The average molecular weight is 337 g/mol. The van der Waals surface area contributed by atoms with Crippen molar-refractivity contribution in [1.82, 2.24) is 10.6 Å². The first-order valence-corrected chi connectivity index (χ1v) is 8.16. The summed E-state index contributed by atoms with van der Waals surface area (Å²) in [7, 11) is 0. The fourth-order valence-electron chi connectivity index (χ4n) is 2.97. The zero-order valence-corrected chi connectivity index (χ0v) is 13.9. The zero-order valence-electron chi connectivity index (χ0n) is 13.9. The monoisotopic (exact) mass is 337 g/mol. The normalized spacial score (nSPS) is 22.2. The fourth-order valence-corrected chi connectivity index (χ4v) is 2.97. The smallest absolute Gasteiger partial charge is 0.160 e. The van der Waals surface area contributed by atoms with Gasteiger partial charge in [0.2, 0.25) is 0 Å². The van der Waals surface area contributed by atoms with Gasteiger partial charge in [0.05, 0.1) is 24.8 Å². The van der Waals surface area contributed by atoms with Gasteiger partial charge in [-0.25, -0.2) is 4.39 Å². The molecule has 3 rings (SSSR count). The maximum absolute atomic E-state index is 13.6. The molecule has 2 heterocycles. The minimum absolute atomic E-state index is 0.0265. The number of nitrogens with zero attached hydrogens (tertiary/aromatic N) is 1. The first kappa shape index (κ1) is 16.9. The molecule has 0 saturated heterocycles. The second-order valence-electron chi connectivity index (χ2n) is 5.97. The number of aldehydes is 1. The Morgan fingerprint density at radius 3 is 2.96 bits per heavy atom. The van der Waals surface area contributed by atoms with Crippen LogP contribution in [0, 0.1) is 12.7 Å². The van der Waals surface area contributed by atoms with Crippen LogP contribution in [0.3, 0.4) is 0 Å². The molecular formula is C20H20FN3O. The van der Waals surface area contributed by atoms with Crippen LogP contribution < -0.4 is 10.6 Å². The first-order chi connectivity index (χ1) is 12.2. The highest BCUT2D eigenvalue weighted by Crippen LogP contribution is 2.32. The van der Waals surface area contributed by atoms with Gasteiger partial charge in [-0.2, -0.15) is 0 Å². The summed E-state index contributed by atoms with van der Waals surface area (Å²) in [5, 5.41) is 6.57. The van der Waals surface area contributed by atoms with Crippen molar-refractivity contribution in [2.75, 3.05) is 6.54 Å². The predicted molar refractivity (Wildman–Crippen MR) is 97.8 cm³/mol. The summed E-state index contributed by atoms with van der Waals surface area (Å²) < 4.78 is 13.6. The third kappa shape index (κ3) is 3.94. The Kier molecular flexibility index (Phi) is 5.23. The maximum Gasteiger partial charge on any atom is 0.160 e. The van der Waals surface area contributed by atoms with Crippen LogP contribution in [-0.4, -0.2) is 25.1 Å². The molecule has 5 heteroatoms. The van der Waals surface area contributed by atoms with E-state index in [-0.39, 0.29) is 17.9 Å². The van der Waals surface area contributed by atoms with Crippen LogP contribution in [0.25, 0.3) is 0 Å². The standard InChI is InChI=1S/C20H20FN3O/c1-14-11-16(4-5-19(14)21)20-18(3-2-7-24-20)15-6-8-23-17(12-15)13-22-9-10-25/h2-12,17,20,23-24H,13H2,1H3/b22-9+. The Bertz CT molecular complexity index is 805. The molecule has 0 bridgehead atoms.